The number of ether oxygens (including phenoxy) is 2. The molecule has 0 radical (unpaired) electrons. The van der Waals surface area contributed by atoms with Crippen molar-refractivity contribution in [3.8, 4) is 5.75 Å². The number of fused-ring (bicyclic) bond motifs is 3. The summed E-state index contributed by atoms with van der Waals surface area (Å²) >= 11 is 7.71. The van der Waals surface area contributed by atoms with E-state index in [2.05, 4.69) is 48.4 Å². The van der Waals surface area contributed by atoms with Gasteiger partial charge in [-0.25, -0.2) is 4.39 Å². The average molecular weight is 727 g/mol. The van der Waals surface area contributed by atoms with E-state index in [1.54, 1.807) is 6.07 Å². The summed E-state index contributed by atoms with van der Waals surface area (Å²) in [5, 5.41) is 0.356. The number of allylic oxidation sites excluding steroid dienone is 1. The molecule has 0 saturated carbocycles. The Labute approximate surface area is 306 Å². The molecule has 272 valence electrons. The summed E-state index contributed by atoms with van der Waals surface area (Å²) < 4.78 is 31.7. The Bertz CT molecular complexity index is 1580. The molecule has 1 spiro atoms. The topological polar surface area (TPSA) is 74.3 Å². The molecule has 3 heterocycles. The van der Waals surface area contributed by atoms with Crippen molar-refractivity contribution in [2.24, 2.45) is 5.92 Å². The first-order chi connectivity index (χ1) is 24.1. The van der Waals surface area contributed by atoms with Gasteiger partial charge in [0.15, 0.2) is 0 Å². The van der Waals surface area contributed by atoms with Crippen LogP contribution in [0, 0.1) is 11.7 Å². The largest absolute Gasteiger partial charge is 0.490 e. The van der Waals surface area contributed by atoms with Crippen molar-refractivity contribution in [2.45, 2.75) is 82.5 Å². The third kappa shape index (κ3) is 8.14. The SMILES string of the molecule is CCC1CCN2CC3(CCCc4c3ccc(Cl)c4F)COc3ccc(cc32)C(=O)NSC(C)CC/C=C(\C)C1OCC(=O)N1CCN(C)CC1. The van der Waals surface area contributed by atoms with Crippen LogP contribution < -0.4 is 14.4 Å². The lowest BCUT2D eigenvalue weighted by atomic mass is 9.70. The van der Waals surface area contributed by atoms with Crippen LogP contribution in [0.2, 0.25) is 5.02 Å². The van der Waals surface area contributed by atoms with E-state index < -0.39 is 5.41 Å². The zero-order valence-corrected chi connectivity index (χ0v) is 31.5. The highest BCUT2D eigenvalue weighted by molar-refractivity contribution is 7.98. The molecule has 50 heavy (non-hydrogen) atoms. The second-order valence-electron chi connectivity index (χ2n) is 14.7. The Morgan fingerprint density at radius 1 is 1.16 bits per heavy atom. The number of anilines is 1. The van der Waals surface area contributed by atoms with E-state index in [-0.39, 0.29) is 46.5 Å². The number of carbonyl (C=O) groups excluding carboxylic acids is 2. The summed E-state index contributed by atoms with van der Waals surface area (Å²) in [4.78, 5) is 33.2. The van der Waals surface area contributed by atoms with Crippen LogP contribution >= 0.6 is 23.5 Å². The first-order valence-corrected chi connectivity index (χ1v) is 19.5. The van der Waals surface area contributed by atoms with Crippen molar-refractivity contribution < 1.29 is 23.5 Å². The number of nitrogens with one attached hydrogen (secondary N) is 1. The third-order valence-electron chi connectivity index (χ3n) is 11.2. The number of hydrogen-bond donors (Lipinski definition) is 1. The maximum atomic E-state index is 15.4. The summed E-state index contributed by atoms with van der Waals surface area (Å²) in [5.74, 6) is 0.452. The lowest BCUT2D eigenvalue weighted by Gasteiger charge is -2.41. The number of nitrogens with zero attached hydrogens (tertiary/aromatic N) is 3. The number of carbonyl (C=O) groups is 2. The predicted octanol–water partition coefficient (Wildman–Crippen LogP) is 7.03. The van der Waals surface area contributed by atoms with Gasteiger partial charge in [0, 0.05) is 55.5 Å². The summed E-state index contributed by atoms with van der Waals surface area (Å²) in [6, 6.07) is 9.33. The lowest BCUT2D eigenvalue weighted by molar-refractivity contribution is -0.140. The monoisotopic (exact) mass is 726 g/mol. The molecule has 1 aliphatic carbocycles. The fourth-order valence-electron chi connectivity index (χ4n) is 8.10. The van der Waals surface area contributed by atoms with Gasteiger partial charge in [-0.05, 0) is 111 Å². The van der Waals surface area contributed by atoms with E-state index in [9.17, 15) is 9.59 Å². The molecule has 2 bridgehead atoms. The van der Waals surface area contributed by atoms with Crippen LogP contribution in [0.25, 0.3) is 0 Å². The van der Waals surface area contributed by atoms with Crippen LogP contribution in [0.1, 0.15) is 80.8 Å². The molecule has 2 aromatic rings. The van der Waals surface area contributed by atoms with E-state index in [0.717, 1.165) is 87.3 Å². The number of amides is 2. The Kier molecular flexibility index (Phi) is 12.0. The van der Waals surface area contributed by atoms with Gasteiger partial charge in [0.2, 0.25) is 5.91 Å². The molecule has 4 atom stereocenters. The first-order valence-electron chi connectivity index (χ1n) is 18.3. The molecule has 11 heteroatoms. The number of benzene rings is 2. The fraction of sp³-hybridized carbons (Fsp3) is 0.590. The van der Waals surface area contributed by atoms with Gasteiger partial charge in [-0.2, -0.15) is 0 Å². The minimum absolute atomic E-state index is 0.0463. The van der Waals surface area contributed by atoms with Crippen LogP contribution in [0.5, 0.6) is 5.75 Å². The lowest BCUT2D eigenvalue weighted by Crippen LogP contribution is -2.48. The maximum Gasteiger partial charge on any atom is 0.261 e. The summed E-state index contributed by atoms with van der Waals surface area (Å²) in [6.45, 7) is 11.4. The highest BCUT2D eigenvalue weighted by Crippen LogP contribution is 2.45. The highest BCUT2D eigenvalue weighted by Gasteiger charge is 2.43. The van der Waals surface area contributed by atoms with Crippen molar-refractivity contribution in [3.05, 3.63) is 69.5 Å². The van der Waals surface area contributed by atoms with E-state index >= 15 is 4.39 Å². The van der Waals surface area contributed by atoms with E-state index in [1.807, 2.05) is 29.2 Å². The summed E-state index contributed by atoms with van der Waals surface area (Å²) in [6.07, 6.45) is 7.81. The van der Waals surface area contributed by atoms with Gasteiger partial charge in [0.25, 0.3) is 5.91 Å². The zero-order valence-electron chi connectivity index (χ0n) is 29.9. The van der Waals surface area contributed by atoms with Gasteiger partial charge >= 0.3 is 0 Å². The van der Waals surface area contributed by atoms with E-state index in [0.29, 0.717) is 37.2 Å². The van der Waals surface area contributed by atoms with Gasteiger partial charge in [0.1, 0.15) is 18.2 Å². The Balaban J connectivity index is 1.33. The van der Waals surface area contributed by atoms with E-state index in [4.69, 9.17) is 21.1 Å². The second kappa shape index (κ2) is 16.3. The van der Waals surface area contributed by atoms with Gasteiger partial charge < -0.3 is 24.2 Å². The van der Waals surface area contributed by atoms with Crippen LogP contribution in [-0.2, 0) is 21.4 Å². The fourth-order valence-corrected chi connectivity index (χ4v) is 8.96. The van der Waals surface area contributed by atoms with Gasteiger partial charge in [-0.15, -0.1) is 0 Å². The van der Waals surface area contributed by atoms with Gasteiger partial charge in [-0.3, -0.25) is 14.3 Å². The molecule has 0 aromatic heterocycles. The van der Waals surface area contributed by atoms with Crippen LogP contribution in [0.3, 0.4) is 0 Å². The molecule has 1 fully saturated rings. The molecule has 1 saturated heterocycles. The minimum atomic E-state index is -0.449. The molecule has 8 nitrogen and oxygen atoms in total. The Hall–Kier alpha value is -2.79. The van der Waals surface area contributed by atoms with Crippen molar-refractivity contribution in [1.29, 1.82) is 0 Å². The molecule has 2 aromatic carbocycles. The van der Waals surface area contributed by atoms with E-state index in [1.165, 1.54) is 11.9 Å². The average Bonchev–Trinajstić information content (AvgIpc) is 3.26. The molecule has 1 N–H and O–H groups in total. The maximum absolute atomic E-state index is 15.4. The first kappa shape index (κ1) is 37.0. The van der Waals surface area contributed by atoms with Crippen molar-refractivity contribution >= 4 is 41.1 Å². The van der Waals surface area contributed by atoms with Crippen molar-refractivity contribution in [2.75, 3.05) is 64.4 Å². The van der Waals surface area contributed by atoms with Crippen LogP contribution in [0.4, 0.5) is 10.1 Å². The van der Waals surface area contributed by atoms with Crippen LogP contribution in [-0.4, -0.2) is 92.5 Å². The van der Waals surface area contributed by atoms with Gasteiger partial charge in [-0.1, -0.05) is 44.0 Å². The van der Waals surface area contributed by atoms with Crippen LogP contribution in [0.15, 0.2) is 42.0 Å². The molecule has 3 aliphatic heterocycles. The molecule has 4 aliphatic rings. The van der Waals surface area contributed by atoms with Gasteiger partial charge in [0.05, 0.1) is 23.4 Å². The quantitative estimate of drug-likeness (QED) is 0.268. The molecular formula is C39H52ClFN4O4S. The molecule has 4 unspecified atom stereocenters. The molecule has 2 amide bonds. The smallest absolute Gasteiger partial charge is 0.261 e. The third-order valence-corrected chi connectivity index (χ3v) is 12.4. The minimum Gasteiger partial charge on any atom is -0.490 e. The normalized spacial score (nSPS) is 27.8. The predicted molar refractivity (Wildman–Crippen MR) is 200 cm³/mol. The second-order valence-corrected chi connectivity index (χ2v) is 16.3. The van der Waals surface area contributed by atoms with Crippen molar-refractivity contribution in [3.63, 3.8) is 0 Å². The Morgan fingerprint density at radius 2 is 1.96 bits per heavy atom. The molecule has 6 rings (SSSR count). The Morgan fingerprint density at radius 3 is 2.74 bits per heavy atom. The summed E-state index contributed by atoms with van der Waals surface area (Å²) in [7, 11) is 2.09. The standard InChI is InChI=1S/C39H52ClFN4O4S/c1-5-28-15-17-45-24-39(16-7-10-30-31(39)12-13-32(40)36(30)41)25-49-34-14-11-29(22-33(34)45)38(47)42-50-27(3)9-6-8-26(2)37(28)48-23-35(46)44-20-18-43(4)19-21-44/h8,11-14,22,27-28,37H,5-7,9-10,15-21,23-25H2,1-4H3,(H,42,47)/b26-8+. The number of piperazine rings is 1. The number of rotatable bonds is 4. The highest BCUT2D eigenvalue weighted by atomic mass is 35.5. The number of likely N-dealkylation sites (N-methyl/N-ethyl adjacent to an activating group) is 1. The summed E-state index contributed by atoms with van der Waals surface area (Å²) in [5.41, 5.74) is 3.78. The number of hydrogen-bond acceptors (Lipinski definition) is 7. The zero-order chi connectivity index (χ0) is 35.4. The van der Waals surface area contributed by atoms with Crippen molar-refractivity contribution in [1.82, 2.24) is 14.5 Å². The molecular weight excluding hydrogens is 675 g/mol. The number of halogens is 2.